The van der Waals surface area contributed by atoms with E-state index >= 15 is 0 Å². The van der Waals surface area contributed by atoms with Gasteiger partial charge in [-0.05, 0) is 56.9 Å². The van der Waals surface area contributed by atoms with Gasteiger partial charge in [-0.2, -0.15) is 0 Å². The molecule has 0 bridgehead atoms. The van der Waals surface area contributed by atoms with Gasteiger partial charge in [0.05, 0.1) is 0 Å². The Morgan fingerprint density at radius 3 is 2.50 bits per heavy atom. The van der Waals surface area contributed by atoms with E-state index in [1.807, 2.05) is 0 Å². The first-order valence-electron chi connectivity index (χ1n) is 8.35. The van der Waals surface area contributed by atoms with Gasteiger partial charge < -0.3 is 10.1 Å². The molecule has 3 rings (SSSR count). The van der Waals surface area contributed by atoms with Crippen LogP contribution >= 0.6 is 11.6 Å². The van der Waals surface area contributed by atoms with E-state index in [2.05, 4.69) is 5.32 Å². The summed E-state index contributed by atoms with van der Waals surface area (Å²) in [4.78, 5) is 49.8. The van der Waals surface area contributed by atoms with E-state index in [9.17, 15) is 19.2 Å². The van der Waals surface area contributed by atoms with Gasteiger partial charge in [0.1, 0.15) is 12.1 Å². The van der Waals surface area contributed by atoms with Gasteiger partial charge in [-0.3, -0.25) is 19.3 Å². The lowest BCUT2D eigenvalue weighted by atomic mass is 9.96. The Bertz CT molecular complexity index is 774. The highest BCUT2D eigenvalue weighted by Gasteiger charge is 2.56. The largest absolute Gasteiger partial charge is 0.453 e. The molecule has 7 nitrogen and oxygen atoms in total. The molecule has 3 amide bonds. The zero-order valence-electron chi connectivity index (χ0n) is 14.5. The van der Waals surface area contributed by atoms with Crippen LogP contribution in [0.3, 0.4) is 0 Å². The fourth-order valence-electron chi connectivity index (χ4n) is 3.06. The average molecular weight is 379 g/mol. The van der Waals surface area contributed by atoms with Crippen molar-refractivity contribution < 1.29 is 23.9 Å². The molecule has 1 aromatic carbocycles. The predicted octanol–water partition coefficient (Wildman–Crippen LogP) is 2.17. The fourth-order valence-corrected chi connectivity index (χ4v) is 3.19. The number of Topliss-reactive ketones (excluding diaryl/α,β-unsaturated/α-hetero) is 1. The highest BCUT2D eigenvalue weighted by atomic mass is 35.5. The van der Waals surface area contributed by atoms with Crippen molar-refractivity contribution in [2.45, 2.75) is 38.3 Å². The SMILES string of the molecule is C[C@H](OC(=O)CN1C(=O)N[C@](C)(C2CC2)C1=O)C(=O)c1ccc(Cl)cc1. The van der Waals surface area contributed by atoms with Gasteiger partial charge in [0.25, 0.3) is 5.91 Å². The fraction of sp³-hybridized carbons (Fsp3) is 0.444. The Hall–Kier alpha value is -2.41. The molecule has 1 N–H and O–H groups in total. The van der Waals surface area contributed by atoms with E-state index in [1.165, 1.54) is 19.1 Å². The first kappa shape index (κ1) is 18.4. The average Bonchev–Trinajstić information content (AvgIpc) is 3.41. The monoisotopic (exact) mass is 378 g/mol. The third kappa shape index (κ3) is 3.44. The Kier molecular flexibility index (Phi) is 4.75. The van der Waals surface area contributed by atoms with Crippen LogP contribution in [0, 0.1) is 5.92 Å². The molecule has 1 heterocycles. The first-order chi connectivity index (χ1) is 12.2. The van der Waals surface area contributed by atoms with Crippen LogP contribution < -0.4 is 5.32 Å². The second kappa shape index (κ2) is 6.72. The third-order valence-electron chi connectivity index (χ3n) is 4.79. The summed E-state index contributed by atoms with van der Waals surface area (Å²) < 4.78 is 5.10. The molecule has 1 aliphatic heterocycles. The van der Waals surface area contributed by atoms with Crippen LogP contribution in [0.2, 0.25) is 5.02 Å². The minimum Gasteiger partial charge on any atom is -0.453 e. The smallest absolute Gasteiger partial charge is 0.326 e. The van der Waals surface area contributed by atoms with Crippen LogP contribution in [0.4, 0.5) is 4.79 Å². The maximum atomic E-state index is 12.5. The van der Waals surface area contributed by atoms with E-state index in [1.54, 1.807) is 19.1 Å². The molecule has 1 saturated heterocycles. The summed E-state index contributed by atoms with van der Waals surface area (Å²) in [6.45, 7) is 2.59. The molecule has 2 atom stereocenters. The Morgan fingerprint density at radius 1 is 1.31 bits per heavy atom. The molecule has 0 aromatic heterocycles. The summed E-state index contributed by atoms with van der Waals surface area (Å²) in [6.07, 6.45) is 0.695. The van der Waals surface area contributed by atoms with Crippen molar-refractivity contribution in [3.63, 3.8) is 0 Å². The normalized spacial score (nSPS) is 23.6. The number of hydrogen-bond acceptors (Lipinski definition) is 5. The van der Waals surface area contributed by atoms with Gasteiger partial charge in [0.2, 0.25) is 5.78 Å². The highest BCUT2D eigenvalue weighted by molar-refractivity contribution is 6.30. The second-order valence-corrected chi connectivity index (χ2v) is 7.24. The minimum atomic E-state index is -1.04. The minimum absolute atomic E-state index is 0.102. The number of nitrogens with one attached hydrogen (secondary N) is 1. The zero-order chi connectivity index (χ0) is 19.1. The van der Waals surface area contributed by atoms with Crippen LogP contribution in [0.15, 0.2) is 24.3 Å². The van der Waals surface area contributed by atoms with Crippen LogP contribution in [0.25, 0.3) is 0 Å². The molecular formula is C18H19ClN2O5. The van der Waals surface area contributed by atoms with Gasteiger partial charge in [-0.15, -0.1) is 0 Å². The Balaban J connectivity index is 1.60. The number of carbonyl (C=O) groups excluding carboxylic acids is 4. The van der Waals surface area contributed by atoms with E-state index in [-0.39, 0.29) is 5.92 Å². The molecule has 1 aromatic rings. The van der Waals surface area contributed by atoms with Crippen LogP contribution in [-0.4, -0.2) is 46.8 Å². The van der Waals surface area contributed by atoms with Gasteiger partial charge in [-0.1, -0.05) is 11.6 Å². The summed E-state index contributed by atoms with van der Waals surface area (Å²) >= 11 is 5.78. The zero-order valence-corrected chi connectivity index (χ0v) is 15.2. The third-order valence-corrected chi connectivity index (χ3v) is 5.04. The van der Waals surface area contributed by atoms with Crippen molar-refractivity contribution in [1.29, 1.82) is 0 Å². The molecule has 8 heteroatoms. The predicted molar refractivity (Wildman–Crippen MR) is 92.7 cm³/mol. The van der Waals surface area contributed by atoms with Crippen molar-refractivity contribution >= 4 is 35.3 Å². The van der Waals surface area contributed by atoms with Crippen LogP contribution in [-0.2, 0) is 14.3 Å². The van der Waals surface area contributed by atoms with Crippen LogP contribution in [0.1, 0.15) is 37.0 Å². The number of urea groups is 1. The molecule has 0 spiro atoms. The van der Waals surface area contributed by atoms with Gasteiger partial charge in [0.15, 0.2) is 6.10 Å². The topological polar surface area (TPSA) is 92.8 Å². The van der Waals surface area contributed by atoms with E-state index in [0.717, 1.165) is 17.7 Å². The Morgan fingerprint density at radius 2 is 1.92 bits per heavy atom. The van der Waals surface area contributed by atoms with E-state index < -0.39 is 41.9 Å². The number of nitrogens with zero attached hydrogens (tertiary/aromatic N) is 1. The summed E-state index contributed by atoms with van der Waals surface area (Å²) in [5.74, 6) is -1.54. The van der Waals surface area contributed by atoms with E-state index in [4.69, 9.17) is 16.3 Å². The summed E-state index contributed by atoms with van der Waals surface area (Å²) in [5.41, 5.74) is -0.603. The van der Waals surface area contributed by atoms with Crippen molar-refractivity contribution in [3.05, 3.63) is 34.9 Å². The van der Waals surface area contributed by atoms with Crippen LogP contribution in [0.5, 0.6) is 0 Å². The highest BCUT2D eigenvalue weighted by Crippen LogP contribution is 2.42. The molecule has 2 aliphatic rings. The summed E-state index contributed by atoms with van der Waals surface area (Å²) in [6, 6.07) is 5.59. The molecular weight excluding hydrogens is 360 g/mol. The lowest BCUT2D eigenvalue weighted by Crippen LogP contribution is -2.46. The number of ketones is 1. The van der Waals surface area contributed by atoms with Gasteiger partial charge in [-0.25, -0.2) is 4.79 Å². The molecule has 26 heavy (non-hydrogen) atoms. The molecule has 0 unspecified atom stereocenters. The number of carbonyl (C=O) groups is 4. The maximum absolute atomic E-state index is 12.5. The summed E-state index contributed by atoms with van der Waals surface area (Å²) in [5, 5.41) is 3.14. The molecule has 138 valence electrons. The van der Waals surface area contributed by atoms with Crippen molar-refractivity contribution in [2.75, 3.05) is 6.54 Å². The molecule has 1 aliphatic carbocycles. The number of rotatable bonds is 6. The maximum Gasteiger partial charge on any atom is 0.326 e. The van der Waals surface area contributed by atoms with Crippen molar-refractivity contribution in [3.8, 4) is 0 Å². The number of halogens is 1. The Labute approximate surface area is 155 Å². The number of imide groups is 1. The standard InChI is InChI=1S/C18H19ClN2O5/c1-10(15(23)11-3-7-13(19)8-4-11)26-14(22)9-21-16(24)18(2,12-5-6-12)20-17(21)25/h3-4,7-8,10,12H,5-6,9H2,1-2H3,(H,20,25)/t10-,18+/m0/s1. The molecule has 2 fully saturated rings. The first-order valence-corrected chi connectivity index (χ1v) is 8.73. The molecule has 1 saturated carbocycles. The second-order valence-electron chi connectivity index (χ2n) is 6.80. The lowest BCUT2D eigenvalue weighted by Gasteiger charge is -2.21. The van der Waals surface area contributed by atoms with Crippen molar-refractivity contribution in [2.24, 2.45) is 5.92 Å². The number of benzene rings is 1. The lowest BCUT2D eigenvalue weighted by molar-refractivity contribution is -0.150. The van der Waals surface area contributed by atoms with E-state index in [0.29, 0.717) is 10.6 Å². The number of ether oxygens (including phenoxy) is 1. The number of hydrogen-bond donors (Lipinski definition) is 1. The summed E-state index contributed by atoms with van der Waals surface area (Å²) in [7, 11) is 0. The number of esters is 1. The van der Waals surface area contributed by atoms with Gasteiger partial charge >= 0.3 is 12.0 Å². The molecule has 0 radical (unpaired) electrons. The van der Waals surface area contributed by atoms with Gasteiger partial charge in [0, 0.05) is 10.6 Å². The van der Waals surface area contributed by atoms with Crippen molar-refractivity contribution in [1.82, 2.24) is 10.2 Å². The number of amides is 3. The quantitative estimate of drug-likeness (QED) is 0.465.